The summed E-state index contributed by atoms with van der Waals surface area (Å²) in [5.74, 6) is -3.65. The van der Waals surface area contributed by atoms with Gasteiger partial charge in [-0.25, -0.2) is 9.59 Å². The van der Waals surface area contributed by atoms with Gasteiger partial charge in [0.15, 0.2) is 0 Å². The molecule has 2 aromatic carbocycles. The van der Waals surface area contributed by atoms with Crippen molar-refractivity contribution in [2.45, 2.75) is 32.0 Å². The van der Waals surface area contributed by atoms with Crippen molar-refractivity contribution in [1.82, 2.24) is 10.2 Å². The maximum atomic E-state index is 9.10. The number of rotatable bonds is 5. The minimum Gasteiger partial charge on any atom is -0.473 e. The Balaban J connectivity index is 0.000000380. The van der Waals surface area contributed by atoms with Crippen LogP contribution in [0.5, 0.6) is 0 Å². The molecule has 0 radical (unpaired) electrons. The molecule has 0 spiro atoms. The molecule has 6 heteroatoms. The van der Waals surface area contributed by atoms with Gasteiger partial charge in [0, 0.05) is 19.1 Å². The summed E-state index contributed by atoms with van der Waals surface area (Å²) in [6, 6.07) is 22.1. The quantitative estimate of drug-likeness (QED) is 0.701. The number of hydrogen-bond donors (Lipinski definition) is 3. The molecule has 0 bridgehead atoms. The molecule has 3 rings (SSSR count). The molecule has 0 amide bonds. The Bertz CT molecular complexity index is 687. The van der Waals surface area contributed by atoms with Crippen LogP contribution >= 0.6 is 0 Å². The second-order valence-electron chi connectivity index (χ2n) is 6.51. The first kappa shape index (κ1) is 20.6. The number of benzene rings is 2. The average Bonchev–Trinajstić information content (AvgIpc) is 2.69. The molecule has 0 aliphatic carbocycles. The molecule has 6 nitrogen and oxygen atoms in total. The zero-order valence-corrected chi connectivity index (χ0v) is 15.3. The molecular weight excluding hydrogens is 344 g/mol. The van der Waals surface area contributed by atoms with E-state index in [2.05, 4.69) is 70.9 Å². The lowest BCUT2D eigenvalue weighted by atomic mass is 10.0. The molecule has 0 saturated carbocycles. The summed E-state index contributed by atoms with van der Waals surface area (Å²) in [7, 11) is 0. The van der Waals surface area contributed by atoms with E-state index in [0.29, 0.717) is 6.04 Å². The van der Waals surface area contributed by atoms with Gasteiger partial charge < -0.3 is 15.5 Å². The van der Waals surface area contributed by atoms with Crippen molar-refractivity contribution in [3.63, 3.8) is 0 Å². The maximum absolute atomic E-state index is 9.10. The molecule has 1 saturated heterocycles. The molecule has 3 N–H and O–H groups in total. The summed E-state index contributed by atoms with van der Waals surface area (Å²) in [4.78, 5) is 20.8. The van der Waals surface area contributed by atoms with Crippen molar-refractivity contribution < 1.29 is 19.8 Å². The van der Waals surface area contributed by atoms with Gasteiger partial charge >= 0.3 is 11.9 Å². The van der Waals surface area contributed by atoms with Gasteiger partial charge in [0.2, 0.25) is 0 Å². The van der Waals surface area contributed by atoms with E-state index in [1.807, 2.05) is 0 Å². The SMILES string of the molecule is O=C(O)C(=O)O.c1ccc(CNC2CCN(Cc3ccccc3)CC2)cc1. The largest absolute Gasteiger partial charge is 0.473 e. The summed E-state index contributed by atoms with van der Waals surface area (Å²) in [6.07, 6.45) is 2.50. The fraction of sp³-hybridized carbons (Fsp3) is 0.333. The van der Waals surface area contributed by atoms with Crippen LogP contribution in [0.15, 0.2) is 60.7 Å². The Labute approximate surface area is 159 Å². The third-order valence-corrected chi connectivity index (χ3v) is 4.46. The first-order chi connectivity index (χ1) is 13.0. The van der Waals surface area contributed by atoms with Crippen LogP contribution in [0.25, 0.3) is 0 Å². The van der Waals surface area contributed by atoms with Crippen molar-refractivity contribution in [1.29, 1.82) is 0 Å². The van der Waals surface area contributed by atoms with E-state index in [1.165, 1.54) is 37.1 Å². The molecule has 2 aromatic rings. The highest BCUT2D eigenvalue weighted by Crippen LogP contribution is 2.14. The van der Waals surface area contributed by atoms with Gasteiger partial charge in [-0.2, -0.15) is 0 Å². The minimum absolute atomic E-state index is 0.664. The normalized spacial score (nSPS) is 14.8. The van der Waals surface area contributed by atoms with Crippen molar-refractivity contribution in [2.24, 2.45) is 0 Å². The average molecular weight is 370 g/mol. The van der Waals surface area contributed by atoms with Gasteiger partial charge in [-0.3, -0.25) is 4.90 Å². The van der Waals surface area contributed by atoms with E-state index < -0.39 is 11.9 Å². The molecule has 1 heterocycles. The van der Waals surface area contributed by atoms with Gasteiger partial charge in [-0.1, -0.05) is 60.7 Å². The van der Waals surface area contributed by atoms with Crippen LogP contribution in [0.4, 0.5) is 0 Å². The van der Waals surface area contributed by atoms with Gasteiger partial charge in [-0.15, -0.1) is 0 Å². The molecule has 0 unspecified atom stereocenters. The Morgan fingerprint density at radius 3 is 1.81 bits per heavy atom. The van der Waals surface area contributed by atoms with Crippen molar-refractivity contribution in [3.05, 3.63) is 71.8 Å². The Morgan fingerprint density at radius 2 is 1.33 bits per heavy atom. The van der Waals surface area contributed by atoms with Crippen LogP contribution in [-0.2, 0) is 22.7 Å². The van der Waals surface area contributed by atoms with Crippen molar-refractivity contribution in [2.75, 3.05) is 13.1 Å². The number of hydrogen-bond acceptors (Lipinski definition) is 4. The second-order valence-corrected chi connectivity index (χ2v) is 6.51. The van der Waals surface area contributed by atoms with Gasteiger partial charge in [0.1, 0.15) is 0 Å². The fourth-order valence-corrected chi connectivity index (χ4v) is 2.99. The monoisotopic (exact) mass is 370 g/mol. The number of carboxylic acid groups (broad SMARTS) is 2. The summed E-state index contributed by atoms with van der Waals surface area (Å²) in [6.45, 7) is 4.47. The number of carbonyl (C=O) groups is 2. The van der Waals surface area contributed by atoms with Crippen LogP contribution in [0.3, 0.4) is 0 Å². The number of piperidine rings is 1. The Kier molecular flexibility index (Phi) is 8.48. The molecule has 27 heavy (non-hydrogen) atoms. The van der Waals surface area contributed by atoms with Gasteiger partial charge in [-0.05, 0) is 37.1 Å². The standard InChI is InChI=1S/C19H24N2.C2H2O4/c1-3-7-17(8-4-1)15-20-19-11-13-21(14-12-19)16-18-9-5-2-6-10-18;3-1(4)2(5)6/h1-10,19-20H,11-16H2;(H,3,4)(H,5,6). The van der Waals surface area contributed by atoms with Crippen LogP contribution < -0.4 is 5.32 Å². The predicted octanol–water partition coefficient (Wildman–Crippen LogP) is 2.60. The minimum atomic E-state index is -1.82. The number of carboxylic acids is 2. The van der Waals surface area contributed by atoms with E-state index in [-0.39, 0.29) is 0 Å². The van der Waals surface area contributed by atoms with E-state index >= 15 is 0 Å². The third-order valence-electron chi connectivity index (χ3n) is 4.46. The highest BCUT2D eigenvalue weighted by Gasteiger charge is 2.18. The Morgan fingerprint density at radius 1 is 0.852 bits per heavy atom. The zero-order valence-electron chi connectivity index (χ0n) is 15.3. The lowest BCUT2D eigenvalue weighted by Crippen LogP contribution is -2.41. The molecule has 1 aliphatic heterocycles. The maximum Gasteiger partial charge on any atom is 0.414 e. The molecule has 0 aromatic heterocycles. The first-order valence-corrected chi connectivity index (χ1v) is 9.04. The highest BCUT2D eigenvalue weighted by atomic mass is 16.4. The summed E-state index contributed by atoms with van der Waals surface area (Å²) in [5.41, 5.74) is 2.80. The van der Waals surface area contributed by atoms with Gasteiger partial charge in [0.25, 0.3) is 0 Å². The number of aliphatic carboxylic acids is 2. The van der Waals surface area contributed by atoms with E-state index in [0.717, 1.165) is 13.1 Å². The summed E-state index contributed by atoms with van der Waals surface area (Å²) < 4.78 is 0. The second kappa shape index (κ2) is 11.1. The lowest BCUT2D eigenvalue weighted by Gasteiger charge is -2.32. The third kappa shape index (κ3) is 8.02. The van der Waals surface area contributed by atoms with Crippen LogP contribution in [0, 0.1) is 0 Å². The fourth-order valence-electron chi connectivity index (χ4n) is 2.99. The topological polar surface area (TPSA) is 89.9 Å². The molecule has 0 atom stereocenters. The number of likely N-dealkylation sites (tertiary alicyclic amines) is 1. The summed E-state index contributed by atoms with van der Waals surface area (Å²) in [5, 5.41) is 18.5. The lowest BCUT2D eigenvalue weighted by molar-refractivity contribution is -0.159. The van der Waals surface area contributed by atoms with Crippen LogP contribution in [0.2, 0.25) is 0 Å². The van der Waals surface area contributed by atoms with E-state index in [1.54, 1.807) is 0 Å². The molecule has 1 fully saturated rings. The number of nitrogens with one attached hydrogen (secondary N) is 1. The number of nitrogens with zero attached hydrogens (tertiary/aromatic N) is 1. The smallest absolute Gasteiger partial charge is 0.414 e. The van der Waals surface area contributed by atoms with E-state index in [9.17, 15) is 0 Å². The van der Waals surface area contributed by atoms with Crippen molar-refractivity contribution >= 4 is 11.9 Å². The molecule has 1 aliphatic rings. The van der Waals surface area contributed by atoms with Crippen LogP contribution in [0.1, 0.15) is 24.0 Å². The highest BCUT2D eigenvalue weighted by molar-refractivity contribution is 6.27. The molecule has 144 valence electrons. The predicted molar refractivity (Wildman–Crippen MR) is 103 cm³/mol. The first-order valence-electron chi connectivity index (χ1n) is 9.04. The Hall–Kier alpha value is -2.70. The van der Waals surface area contributed by atoms with E-state index in [4.69, 9.17) is 19.8 Å². The van der Waals surface area contributed by atoms with Crippen molar-refractivity contribution in [3.8, 4) is 0 Å². The summed E-state index contributed by atoms with van der Waals surface area (Å²) >= 11 is 0. The zero-order chi connectivity index (χ0) is 19.5. The van der Waals surface area contributed by atoms with Crippen LogP contribution in [-0.4, -0.2) is 46.2 Å². The molecular formula is C21H26N2O4. The van der Waals surface area contributed by atoms with Gasteiger partial charge in [0.05, 0.1) is 0 Å².